The van der Waals surface area contributed by atoms with Crippen molar-refractivity contribution < 1.29 is 24.5 Å². The van der Waals surface area contributed by atoms with Crippen LogP contribution in [-0.2, 0) is 14.3 Å². The van der Waals surface area contributed by atoms with Crippen LogP contribution in [-0.4, -0.2) is 46.9 Å². The van der Waals surface area contributed by atoms with Gasteiger partial charge in [0.1, 0.15) is 6.10 Å². The fourth-order valence-corrected chi connectivity index (χ4v) is 7.33. The van der Waals surface area contributed by atoms with Crippen molar-refractivity contribution in [2.45, 2.75) is 244 Å². The minimum absolute atomic E-state index is 0.0556. The molecule has 3 N–H and O–H groups in total. The highest BCUT2D eigenvalue weighted by molar-refractivity contribution is 5.78. The van der Waals surface area contributed by atoms with Gasteiger partial charge in [0.15, 0.2) is 0 Å². The first kappa shape index (κ1) is 59.8. The van der Waals surface area contributed by atoms with E-state index >= 15 is 0 Å². The monoisotopic (exact) mass is 876 g/mol. The second-order valence-corrected chi connectivity index (χ2v) is 17.2. The minimum Gasteiger partial charge on any atom is -0.458 e. The molecular weight excluding hydrogens is 779 g/mol. The lowest BCUT2D eigenvalue weighted by atomic mass is 10.0. The van der Waals surface area contributed by atoms with Gasteiger partial charge in [0.25, 0.3) is 0 Å². The number of aliphatic hydroxyl groups is 2. The van der Waals surface area contributed by atoms with E-state index in [0.29, 0.717) is 19.3 Å². The standard InChI is InChI=1S/C57H97NO5/c1-4-7-10-13-16-19-22-25-28-31-34-37-40-43-46-49-55(60)54(52-59)58-56(61)51-53(48-45-42-39-36-33-30-27-24-21-18-15-12-9-6-3)63-57(62)50-47-44-41-38-35-32-29-26-23-20-17-14-11-8-5-2/h8-9,11-12,14,17-18,20-21,23,27,30,36,39,45,48,53-55,59-60H,4-7,10,13,15-16,19,22,24-26,28-29,31-35,37-38,40-44,46-47,49-52H2,1-3H3,(H,58,61)/b11-8+,12-9+,17-14+,21-18+,23-20+,30-27+,39-36+,48-45+. The first-order valence-electron chi connectivity index (χ1n) is 26.0. The molecule has 0 aliphatic rings. The van der Waals surface area contributed by atoms with Gasteiger partial charge in [-0.25, -0.2) is 0 Å². The Morgan fingerprint density at radius 2 is 0.952 bits per heavy atom. The first-order chi connectivity index (χ1) is 31.0. The molecule has 6 heteroatoms. The molecule has 63 heavy (non-hydrogen) atoms. The fourth-order valence-electron chi connectivity index (χ4n) is 7.33. The number of esters is 1. The molecule has 0 aromatic carbocycles. The number of ether oxygens (including phenoxy) is 1. The summed E-state index contributed by atoms with van der Waals surface area (Å²) < 4.78 is 5.82. The molecule has 0 fully saturated rings. The van der Waals surface area contributed by atoms with Crippen molar-refractivity contribution in [1.82, 2.24) is 5.32 Å². The molecule has 3 atom stereocenters. The molecule has 0 saturated carbocycles. The van der Waals surface area contributed by atoms with Crippen LogP contribution in [0.1, 0.15) is 226 Å². The van der Waals surface area contributed by atoms with Crippen molar-refractivity contribution in [3.8, 4) is 0 Å². The van der Waals surface area contributed by atoms with E-state index in [2.05, 4.69) is 111 Å². The van der Waals surface area contributed by atoms with Gasteiger partial charge >= 0.3 is 5.97 Å². The Morgan fingerprint density at radius 1 is 0.508 bits per heavy atom. The van der Waals surface area contributed by atoms with Gasteiger partial charge in [0, 0.05) is 6.42 Å². The Kier molecular flexibility index (Phi) is 47.2. The van der Waals surface area contributed by atoms with E-state index < -0.39 is 18.2 Å². The number of hydrogen-bond donors (Lipinski definition) is 3. The summed E-state index contributed by atoms with van der Waals surface area (Å²) in [5, 5.41) is 23.7. The van der Waals surface area contributed by atoms with Gasteiger partial charge in [-0.05, 0) is 70.3 Å². The van der Waals surface area contributed by atoms with E-state index in [1.165, 1.54) is 103 Å². The SMILES string of the molecule is CC/C=C/C=C/C=C/CCCCCCCCCC(=O)OC(/C=C/C/C=C/C/C=C/C/C=C/C/C=C/CC)CC(=O)NC(CO)C(O)CCCCCCCCCCCCCCCCC. The second-order valence-electron chi connectivity index (χ2n) is 17.2. The molecule has 0 bridgehead atoms. The molecule has 0 rings (SSSR count). The zero-order valence-electron chi connectivity index (χ0n) is 40.9. The highest BCUT2D eigenvalue weighted by Crippen LogP contribution is 2.16. The summed E-state index contributed by atoms with van der Waals surface area (Å²) in [6, 6.07) is -0.750. The molecule has 0 aliphatic heterocycles. The highest BCUT2D eigenvalue weighted by atomic mass is 16.5. The van der Waals surface area contributed by atoms with E-state index in [0.717, 1.165) is 77.0 Å². The molecule has 0 aromatic rings. The zero-order valence-corrected chi connectivity index (χ0v) is 40.9. The van der Waals surface area contributed by atoms with Crippen LogP contribution in [0, 0.1) is 0 Å². The molecule has 0 aliphatic carbocycles. The maximum atomic E-state index is 13.2. The van der Waals surface area contributed by atoms with Crippen molar-refractivity contribution in [2.75, 3.05) is 6.61 Å². The minimum atomic E-state index is -0.826. The summed E-state index contributed by atoms with van der Waals surface area (Å²) in [5.74, 6) is -0.647. The Bertz CT molecular complexity index is 1260. The lowest BCUT2D eigenvalue weighted by Gasteiger charge is -2.23. The maximum absolute atomic E-state index is 13.2. The van der Waals surface area contributed by atoms with Gasteiger partial charge < -0.3 is 20.3 Å². The van der Waals surface area contributed by atoms with Gasteiger partial charge in [0.05, 0.1) is 25.2 Å². The Hall–Kier alpha value is -3.22. The number of aliphatic hydroxyl groups excluding tert-OH is 2. The highest BCUT2D eigenvalue weighted by Gasteiger charge is 2.23. The van der Waals surface area contributed by atoms with Crippen LogP contribution in [0.25, 0.3) is 0 Å². The molecule has 360 valence electrons. The van der Waals surface area contributed by atoms with Crippen LogP contribution in [0.4, 0.5) is 0 Å². The predicted molar refractivity (Wildman–Crippen MR) is 273 cm³/mol. The average Bonchev–Trinajstić information content (AvgIpc) is 3.28. The molecular formula is C57H97NO5. The number of hydrogen-bond acceptors (Lipinski definition) is 5. The number of amides is 1. The normalized spacial score (nSPS) is 14.0. The van der Waals surface area contributed by atoms with Crippen molar-refractivity contribution in [1.29, 1.82) is 0 Å². The molecule has 0 saturated heterocycles. The summed E-state index contributed by atoms with van der Waals surface area (Å²) in [6.45, 7) is 6.20. The van der Waals surface area contributed by atoms with Gasteiger partial charge in [-0.1, -0.05) is 240 Å². The lowest BCUT2D eigenvalue weighted by molar-refractivity contribution is -0.148. The van der Waals surface area contributed by atoms with Crippen LogP contribution >= 0.6 is 0 Å². The van der Waals surface area contributed by atoms with Crippen LogP contribution in [0.5, 0.6) is 0 Å². The molecule has 1 amide bonds. The van der Waals surface area contributed by atoms with E-state index in [1.54, 1.807) is 6.08 Å². The molecule has 3 unspecified atom stereocenters. The molecule has 6 nitrogen and oxygen atoms in total. The molecule has 0 heterocycles. The van der Waals surface area contributed by atoms with Crippen molar-refractivity contribution in [3.05, 3.63) is 97.2 Å². The quantitative estimate of drug-likeness (QED) is 0.0245. The van der Waals surface area contributed by atoms with Crippen LogP contribution < -0.4 is 5.32 Å². The molecule has 0 radical (unpaired) electrons. The van der Waals surface area contributed by atoms with E-state index in [1.807, 2.05) is 6.08 Å². The number of carbonyl (C=O) groups is 2. The number of nitrogens with one attached hydrogen (secondary N) is 1. The third kappa shape index (κ3) is 45.2. The molecule has 0 aromatic heterocycles. The smallest absolute Gasteiger partial charge is 0.306 e. The largest absolute Gasteiger partial charge is 0.458 e. The zero-order chi connectivity index (χ0) is 45.9. The van der Waals surface area contributed by atoms with E-state index in [4.69, 9.17) is 4.74 Å². The Morgan fingerprint density at radius 3 is 1.46 bits per heavy atom. The van der Waals surface area contributed by atoms with Gasteiger partial charge in [-0.15, -0.1) is 0 Å². The number of rotatable bonds is 45. The fraction of sp³-hybridized carbons (Fsp3) is 0.684. The summed E-state index contributed by atoms with van der Waals surface area (Å²) in [7, 11) is 0. The van der Waals surface area contributed by atoms with Crippen molar-refractivity contribution in [3.63, 3.8) is 0 Å². The van der Waals surface area contributed by atoms with Gasteiger partial charge in [0.2, 0.25) is 5.91 Å². The van der Waals surface area contributed by atoms with Gasteiger partial charge in [-0.2, -0.15) is 0 Å². The predicted octanol–water partition coefficient (Wildman–Crippen LogP) is 15.7. The second kappa shape index (κ2) is 49.8. The maximum Gasteiger partial charge on any atom is 0.306 e. The summed E-state index contributed by atoms with van der Waals surface area (Å²) in [4.78, 5) is 26.1. The summed E-state index contributed by atoms with van der Waals surface area (Å²) in [5.41, 5.74) is 0. The number of allylic oxidation sites excluding steroid dienone is 15. The third-order valence-electron chi connectivity index (χ3n) is 11.2. The first-order valence-corrected chi connectivity index (χ1v) is 26.0. The number of unbranched alkanes of at least 4 members (excludes halogenated alkanes) is 21. The third-order valence-corrected chi connectivity index (χ3v) is 11.2. The van der Waals surface area contributed by atoms with Crippen molar-refractivity contribution in [2.24, 2.45) is 0 Å². The summed E-state index contributed by atoms with van der Waals surface area (Å²) in [6.07, 6.45) is 66.4. The van der Waals surface area contributed by atoms with E-state index in [9.17, 15) is 19.8 Å². The van der Waals surface area contributed by atoms with E-state index in [-0.39, 0.29) is 24.9 Å². The van der Waals surface area contributed by atoms with Crippen LogP contribution in [0.2, 0.25) is 0 Å². The van der Waals surface area contributed by atoms with Crippen molar-refractivity contribution >= 4 is 11.9 Å². The lowest BCUT2D eigenvalue weighted by Crippen LogP contribution is -2.46. The number of carbonyl (C=O) groups excluding carboxylic acids is 2. The summed E-state index contributed by atoms with van der Waals surface area (Å²) >= 11 is 0. The average molecular weight is 876 g/mol. The molecule has 0 spiro atoms. The Balaban J connectivity index is 4.72. The van der Waals surface area contributed by atoms with Gasteiger partial charge in [-0.3, -0.25) is 9.59 Å². The Labute approximate surface area is 388 Å². The topological polar surface area (TPSA) is 95.9 Å². The van der Waals surface area contributed by atoms with Crippen LogP contribution in [0.3, 0.4) is 0 Å². The van der Waals surface area contributed by atoms with Crippen LogP contribution in [0.15, 0.2) is 97.2 Å².